The van der Waals surface area contributed by atoms with E-state index in [1.807, 2.05) is 6.92 Å². The largest absolute Gasteiger partial charge is 0.334 e. The number of amides is 5. The summed E-state index contributed by atoms with van der Waals surface area (Å²) in [6.45, 7) is 1.27. The van der Waals surface area contributed by atoms with Crippen LogP contribution in [0.15, 0.2) is 18.2 Å². The van der Waals surface area contributed by atoms with Crippen molar-refractivity contribution in [2.24, 2.45) is 5.92 Å². The molecule has 2 fully saturated rings. The lowest BCUT2D eigenvalue weighted by atomic mass is 9.85. The summed E-state index contributed by atoms with van der Waals surface area (Å²) in [5.74, 6) is -3.39. The maximum absolute atomic E-state index is 13.8. The van der Waals surface area contributed by atoms with Crippen molar-refractivity contribution >= 4 is 41.0 Å². The lowest BCUT2D eigenvalue weighted by Crippen LogP contribution is -2.46. The Balaban J connectivity index is 1.71. The zero-order valence-electron chi connectivity index (χ0n) is 14.7. The van der Waals surface area contributed by atoms with Gasteiger partial charge in [-0.3, -0.25) is 19.3 Å². The fourth-order valence-electron chi connectivity index (χ4n) is 3.56. The third-order valence-corrected chi connectivity index (χ3v) is 5.22. The minimum atomic E-state index is -1.04. The lowest BCUT2D eigenvalue weighted by molar-refractivity contribution is -0.145. The molecule has 144 valence electrons. The Bertz CT molecular complexity index is 816. The normalized spacial score (nSPS) is 23.1. The average molecular weight is 396 g/mol. The van der Waals surface area contributed by atoms with Crippen LogP contribution in [-0.2, 0) is 14.4 Å². The Hall–Kier alpha value is -2.48. The van der Waals surface area contributed by atoms with Gasteiger partial charge >= 0.3 is 17.8 Å². The number of urea groups is 1. The summed E-state index contributed by atoms with van der Waals surface area (Å²) in [5.41, 5.74) is -0.132. The Labute approximate surface area is 160 Å². The van der Waals surface area contributed by atoms with E-state index in [2.05, 4.69) is 5.32 Å². The van der Waals surface area contributed by atoms with Gasteiger partial charge in [0.25, 0.3) is 0 Å². The number of anilines is 1. The van der Waals surface area contributed by atoms with E-state index in [-0.39, 0.29) is 22.7 Å². The Morgan fingerprint density at radius 1 is 1.22 bits per heavy atom. The highest BCUT2D eigenvalue weighted by atomic mass is 35.5. The van der Waals surface area contributed by atoms with Crippen LogP contribution in [0.5, 0.6) is 0 Å². The van der Waals surface area contributed by atoms with E-state index in [4.69, 9.17) is 11.6 Å². The molecular formula is C18H19ClFN3O4. The van der Waals surface area contributed by atoms with Gasteiger partial charge in [-0.25, -0.2) is 14.1 Å². The van der Waals surface area contributed by atoms with Crippen molar-refractivity contribution < 1.29 is 23.6 Å². The number of halogens is 2. The molecule has 3 rings (SSSR count). The first kappa shape index (κ1) is 19.3. The monoisotopic (exact) mass is 395 g/mol. The predicted octanol–water partition coefficient (Wildman–Crippen LogP) is 2.79. The molecule has 1 saturated heterocycles. The number of hydrogen-bond donors (Lipinski definition) is 1. The molecule has 1 aliphatic heterocycles. The fourth-order valence-corrected chi connectivity index (χ4v) is 3.72. The smallest absolute Gasteiger partial charge is 0.322 e. The first-order valence-corrected chi connectivity index (χ1v) is 9.11. The minimum Gasteiger partial charge on any atom is -0.322 e. The summed E-state index contributed by atoms with van der Waals surface area (Å²) in [7, 11) is 0. The number of imide groups is 2. The van der Waals surface area contributed by atoms with Gasteiger partial charge in [0, 0.05) is 11.1 Å². The van der Waals surface area contributed by atoms with Crippen LogP contribution in [0.1, 0.15) is 32.6 Å². The van der Waals surface area contributed by atoms with E-state index in [9.17, 15) is 23.6 Å². The van der Waals surface area contributed by atoms with Crippen LogP contribution >= 0.6 is 11.6 Å². The van der Waals surface area contributed by atoms with E-state index >= 15 is 0 Å². The standard InChI is InChI=1S/C18H19ClFN3O4/c1-10-4-2-3-5-14(10)23-17(26)16(25)22(18(23)27)9-15(24)21-13-7-6-11(19)8-12(13)20/h6-8,10,14H,2-5,9H2,1H3,(H,21,24)/t10-,14+/m0/s1. The molecule has 0 aromatic heterocycles. The summed E-state index contributed by atoms with van der Waals surface area (Å²) >= 11 is 5.65. The molecule has 0 unspecified atom stereocenters. The molecule has 1 aromatic carbocycles. The molecule has 9 heteroatoms. The number of carbonyl (C=O) groups excluding carboxylic acids is 4. The maximum atomic E-state index is 13.8. The van der Waals surface area contributed by atoms with Gasteiger partial charge in [0.05, 0.1) is 5.69 Å². The van der Waals surface area contributed by atoms with Gasteiger partial charge in [-0.15, -0.1) is 0 Å². The predicted molar refractivity (Wildman–Crippen MR) is 95.4 cm³/mol. The molecule has 1 N–H and O–H groups in total. The second-order valence-electron chi connectivity index (χ2n) is 6.85. The van der Waals surface area contributed by atoms with Gasteiger partial charge in [-0.05, 0) is 37.0 Å². The molecule has 2 aliphatic rings. The SMILES string of the molecule is C[C@H]1CCCC[C@H]1N1C(=O)C(=O)N(CC(=O)Nc2ccc(Cl)cc2F)C1=O. The number of carbonyl (C=O) groups is 4. The molecule has 0 bridgehead atoms. The number of rotatable bonds is 4. The number of nitrogens with one attached hydrogen (secondary N) is 1. The van der Waals surface area contributed by atoms with E-state index in [1.54, 1.807) is 0 Å². The average Bonchev–Trinajstić information content (AvgIpc) is 2.82. The Kier molecular flexibility index (Phi) is 5.46. The topological polar surface area (TPSA) is 86.8 Å². The zero-order valence-corrected chi connectivity index (χ0v) is 15.5. The first-order chi connectivity index (χ1) is 12.8. The van der Waals surface area contributed by atoms with Crippen molar-refractivity contribution in [1.29, 1.82) is 0 Å². The number of hydrogen-bond acceptors (Lipinski definition) is 4. The van der Waals surface area contributed by atoms with E-state index in [0.29, 0.717) is 11.3 Å². The van der Waals surface area contributed by atoms with Gasteiger partial charge in [-0.1, -0.05) is 31.4 Å². The first-order valence-electron chi connectivity index (χ1n) is 8.73. The Morgan fingerprint density at radius 3 is 2.59 bits per heavy atom. The molecule has 1 saturated carbocycles. The van der Waals surface area contributed by atoms with Gasteiger partial charge < -0.3 is 5.32 Å². The van der Waals surface area contributed by atoms with Gasteiger partial charge in [0.15, 0.2) is 0 Å². The highest BCUT2D eigenvalue weighted by Crippen LogP contribution is 2.31. The molecule has 2 atom stereocenters. The quantitative estimate of drug-likeness (QED) is 0.627. The van der Waals surface area contributed by atoms with Crippen LogP contribution in [0.25, 0.3) is 0 Å². The molecule has 1 heterocycles. The number of benzene rings is 1. The summed E-state index contributed by atoms with van der Waals surface area (Å²) in [6, 6.07) is 2.55. The second kappa shape index (κ2) is 7.64. The second-order valence-corrected chi connectivity index (χ2v) is 7.29. The highest BCUT2D eigenvalue weighted by Gasteiger charge is 2.49. The summed E-state index contributed by atoms with van der Waals surface area (Å²) < 4.78 is 13.8. The minimum absolute atomic E-state index is 0.0939. The summed E-state index contributed by atoms with van der Waals surface area (Å²) in [6.07, 6.45) is 3.39. The molecule has 7 nitrogen and oxygen atoms in total. The molecule has 1 aromatic rings. The van der Waals surface area contributed by atoms with Crippen molar-refractivity contribution in [2.75, 3.05) is 11.9 Å². The third-order valence-electron chi connectivity index (χ3n) is 4.99. The molecule has 27 heavy (non-hydrogen) atoms. The van der Waals surface area contributed by atoms with E-state index in [0.717, 1.165) is 30.2 Å². The molecule has 0 radical (unpaired) electrons. The van der Waals surface area contributed by atoms with Crippen molar-refractivity contribution in [3.05, 3.63) is 29.0 Å². The van der Waals surface area contributed by atoms with Gasteiger partial charge in [0.2, 0.25) is 5.91 Å². The summed E-state index contributed by atoms with van der Waals surface area (Å²) in [5, 5.41) is 2.44. The Morgan fingerprint density at radius 2 is 1.93 bits per heavy atom. The van der Waals surface area contributed by atoms with Crippen LogP contribution in [-0.4, -0.2) is 46.1 Å². The zero-order chi connectivity index (χ0) is 19.7. The molecule has 0 spiro atoms. The van der Waals surface area contributed by atoms with E-state index < -0.39 is 36.1 Å². The van der Waals surface area contributed by atoms with Crippen LogP contribution in [0.2, 0.25) is 5.02 Å². The van der Waals surface area contributed by atoms with Gasteiger partial charge in [0.1, 0.15) is 12.4 Å². The van der Waals surface area contributed by atoms with Crippen LogP contribution in [0.3, 0.4) is 0 Å². The van der Waals surface area contributed by atoms with Crippen LogP contribution in [0.4, 0.5) is 14.9 Å². The molecule has 5 amide bonds. The highest BCUT2D eigenvalue weighted by molar-refractivity contribution is 6.45. The lowest BCUT2D eigenvalue weighted by Gasteiger charge is -2.34. The van der Waals surface area contributed by atoms with Crippen molar-refractivity contribution in [3.8, 4) is 0 Å². The van der Waals surface area contributed by atoms with E-state index in [1.165, 1.54) is 12.1 Å². The van der Waals surface area contributed by atoms with Gasteiger partial charge in [-0.2, -0.15) is 0 Å². The molecular weight excluding hydrogens is 377 g/mol. The van der Waals surface area contributed by atoms with Crippen molar-refractivity contribution in [2.45, 2.75) is 38.6 Å². The van der Waals surface area contributed by atoms with Crippen LogP contribution < -0.4 is 5.32 Å². The molecule has 1 aliphatic carbocycles. The van der Waals surface area contributed by atoms with Crippen molar-refractivity contribution in [3.63, 3.8) is 0 Å². The summed E-state index contributed by atoms with van der Waals surface area (Å²) in [4.78, 5) is 50.9. The fraction of sp³-hybridized carbons (Fsp3) is 0.444. The third kappa shape index (κ3) is 3.80. The maximum Gasteiger partial charge on any atom is 0.334 e. The number of nitrogens with zero attached hydrogens (tertiary/aromatic N) is 2. The van der Waals surface area contributed by atoms with Crippen LogP contribution in [0, 0.1) is 11.7 Å². The van der Waals surface area contributed by atoms with Crippen molar-refractivity contribution in [1.82, 2.24) is 9.80 Å².